The van der Waals surface area contributed by atoms with Gasteiger partial charge in [0.1, 0.15) is 55.6 Å². The van der Waals surface area contributed by atoms with Gasteiger partial charge in [0, 0.05) is 17.9 Å². The maximum absolute atomic E-state index is 13.2. The molecule has 282 valence electrons. The maximum atomic E-state index is 13.2. The van der Waals surface area contributed by atoms with Gasteiger partial charge in [-0.3, -0.25) is 0 Å². The Balaban J connectivity index is 1.02. The number of hydrogen-bond donors (Lipinski definition) is 8. The smallest absolute Gasteiger partial charge is 0.331 e. The van der Waals surface area contributed by atoms with E-state index in [1.54, 1.807) is 13.0 Å². The Labute approximate surface area is 290 Å². The first kappa shape index (κ1) is 36.7. The molecule has 2 saturated heterocycles. The van der Waals surface area contributed by atoms with Crippen LogP contribution in [0.2, 0.25) is 0 Å². The Morgan fingerprint density at radius 2 is 1.56 bits per heavy atom. The first-order chi connectivity index (χ1) is 23.6. The fourth-order valence-corrected chi connectivity index (χ4v) is 11.3. The number of carbonyl (C=O) groups excluding carboxylic acids is 2. The van der Waals surface area contributed by atoms with Crippen LogP contribution in [0, 0.1) is 28.6 Å². The fraction of sp³-hybridized carbons (Fsp3) is 0.886. The summed E-state index contributed by atoms with van der Waals surface area (Å²) < 4.78 is 28.4. The quantitative estimate of drug-likeness (QED) is 0.0858. The van der Waals surface area contributed by atoms with E-state index in [2.05, 4.69) is 6.92 Å². The third-order valence-electron chi connectivity index (χ3n) is 14.1. The maximum Gasteiger partial charge on any atom is 0.331 e. The molecule has 0 amide bonds. The van der Waals surface area contributed by atoms with Gasteiger partial charge in [-0.05, 0) is 81.6 Å². The van der Waals surface area contributed by atoms with Crippen LogP contribution < -0.4 is 0 Å². The van der Waals surface area contributed by atoms with Crippen molar-refractivity contribution in [1.82, 2.24) is 0 Å². The van der Waals surface area contributed by atoms with Crippen molar-refractivity contribution in [3.05, 3.63) is 11.6 Å². The number of aldehydes is 1. The van der Waals surface area contributed by atoms with Crippen molar-refractivity contribution >= 4 is 12.3 Å². The standard InChI is InChI=1S/C35H52O15/c1-16-29(50-31-27(42)25(40)24(39)22(13-36)49-31)26(41)28(43)30(47-16)48-18-3-8-33(15-37)20-4-7-32(2)19(17-11-23(38)46-14-17)6-10-35(32,45)21(20)5-9-34(33,44)12-18/h11,15-16,18-22,24-31,36,39-45H,3-10,12-14H2,1-2H3/t16-,18+,19-,20+,21+,22-,24-,25+,26+,27-,28-,29+,30+,31+,32-,33+,34+,35+/m1/s1. The first-order valence-corrected chi connectivity index (χ1v) is 18.0. The molecular weight excluding hydrogens is 660 g/mol. The lowest BCUT2D eigenvalue weighted by molar-refractivity contribution is -0.361. The highest BCUT2D eigenvalue weighted by atomic mass is 16.7. The lowest BCUT2D eigenvalue weighted by Crippen LogP contribution is -2.69. The summed E-state index contributed by atoms with van der Waals surface area (Å²) in [5.41, 5.74) is -3.20. The molecular formula is C35H52O15. The van der Waals surface area contributed by atoms with Crippen molar-refractivity contribution in [3.63, 3.8) is 0 Å². The molecule has 4 saturated carbocycles. The van der Waals surface area contributed by atoms with Crippen LogP contribution in [-0.2, 0) is 33.3 Å². The van der Waals surface area contributed by atoms with Gasteiger partial charge in [0.15, 0.2) is 12.6 Å². The van der Waals surface area contributed by atoms with E-state index >= 15 is 0 Å². The molecule has 3 heterocycles. The zero-order valence-corrected chi connectivity index (χ0v) is 28.5. The minimum absolute atomic E-state index is 0.00102. The average Bonchev–Trinajstić information content (AvgIpc) is 3.64. The van der Waals surface area contributed by atoms with Crippen LogP contribution in [-0.4, -0.2) is 145 Å². The second-order valence-electron chi connectivity index (χ2n) is 16.2. The minimum atomic E-state index is -1.71. The Kier molecular flexibility index (Phi) is 9.60. The average molecular weight is 713 g/mol. The van der Waals surface area contributed by atoms with Gasteiger partial charge >= 0.3 is 5.97 Å². The van der Waals surface area contributed by atoms with Crippen molar-refractivity contribution < 1.29 is 74.1 Å². The van der Waals surface area contributed by atoms with Crippen LogP contribution in [0.15, 0.2) is 11.6 Å². The molecule has 0 aromatic heterocycles. The van der Waals surface area contributed by atoms with Crippen LogP contribution in [0.1, 0.15) is 71.6 Å². The number of rotatable bonds is 7. The van der Waals surface area contributed by atoms with Gasteiger partial charge in [0.05, 0.1) is 35.4 Å². The molecule has 8 N–H and O–H groups in total. The summed E-state index contributed by atoms with van der Waals surface area (Å²) in [7, 11) is 0. The summed E-state index contributed by atoms with van der Waals surface area (Å²) in [6.07, 6.45) is -8.63. The molecule has 7 rings (SSSR count). The highest BCUT2D eigenvalue weighted by molar-refractivity contribution is 5.85. The number of aliphatic hydroxyl groups excluding tert-OH is 6. The number of esters is 1. The Morgan fingerprint density at radius 1 is 0.860 bits per heavy atom. The van der Waals surface area contributed by atoms with Crippen molar-refractivity contribution in [2.45, 2.75) is 150 Å². The summed E-state index contributed by atoms with van der Waals surface area (Å²) in [5.74, 6) is -0.830. The third-order valence-corrected chi connectivity index (χ3v) is 14.1. The Morgan fingerprint density at radius 3 is 2.24 bits per heavy atom. The summed E-state index contributed by atoms with van der Waals surface area (Å²) in [5, 5.41) is 87.0. The van der Waals surface area contributed by atoms with E-state index in [4.69, 9.17) is 23.7 Å². The molecule has 7 aliphatic rings. The molecule has 0 aromatic carbocycles. The van der Waals surface area contributed by atoms with E-state index < -0.39 is 96.2 Å². The number of aliphatic hydroxyl groups is 8. The molecule has 15 nitrogen and oxygen atoms in total. The van der Waals surface area contributed by atoms with Gasteiger partial charge in [-0.2, -0.15) is 0 Å². The summed E-state index contributed by atoms with van der Waals surface area (Å²) in [4.78, 5) is 25.1. The number of cyclic esters (lactones) is 1. The van der Waals surface area contributed by atoms with Gasteiger partial charge in [-0.25, -0.2) is 4.79 Å². The topological polar surface area (TPSA) is 242 Å². The molecule has 50 heavy (non-hydrogen) atoms. The van der Waals surface area contributed by atoms with Crippen molar-refractivity contribution in [2.75, 3.05) is 13.2 Å². The van der Waals surface area contributed by atoms with E-state index in [0.717, 1.165) is 18.3 Å². The summed E-state index contributed by atoms with van der Waals surface area (Å²) in [6.45, 7) is 3.22. The van der Waals surface area contributed by atoms with Gasteiger partial charge in [0.25, 0.3) is 0 Å². The van der Waals surface area contributed by atoms with Crippen molar-refractivity contribution in [2.24, 2.45) is 28.6 Å². The minimum Gasteiger partial charge on any atom is -0.458 e. The molecule has 0 radical (unpaired) electrons. The zero-order valence-electron chi connectivity index (χ0n) is 28.5. The molecule has 4 aliphatic carbocycles. The lowest BCUT2D eigenvalue weighted by Gasteiger charge is -2.65. The molecule has 0 spiro atoms. The van der Waals surface area contributed by atoms with Crippen LogP contribution in [0.3, 0.4) is 0 Å². The highest BCUT2D eigenvalue weighted by Gasteiger charge is 2.71. The van der Waals surface area contributed by atoms with Gasteiger partial charge in [-0.15, -0.1) is 0 Å². The Hall–Kier alpha value is -1.60. The summed E-state index contributed by atoms with van der Waals surface area (Å²) >= 11 is 0. The lowest BCUT2D eigenvalue weighted by atomic mass is 9.41. The van der Waals surface area contributed by atoms with E-state index in [-0.39, 0.29) is 43.2 Å². The molecule has 0 aromatic rings. The molecule has 18 atom stereocenters. The van der Waals surface area contributed by atoms with Crippen LogP contribution in [0.4, 0.5) is 0 Å². The SMILES string of the molecule is C[C@H]1O[C@@H](O[C@H]2CC[C@]3(C=O)[C@H]4CC[C@]5(C)[C@@H](C6=CC(=O)OC6)CC[C@]5(O)[C@H]4CC[C@]3(O)C2)[C@H](O)[C@H](O)[C@H]1O[C@@H]1O[C@H](CO)[C@@H](O)[C@H](O)[C@H]1O. The number of carbonyl (C=O) groups is 2. The molecule has 0 bridgehead atoms. The van der Waals surface area contributed by atoms with Crippen LogP contribution in [0.5, 0.6) is 0 Å². The largest absolute Gasteiger partial charge is 0.458 e. The van der Waals surface area contributed by atoms with Gasteiger partial charge in [0.2, 0.25) is 0 Å². The van der Waals surface area contributed by atoms with Gasteiger partial charge in [-0.1, -0.05) is 6.92 Å². The number of fused-ring (bicyclic) bond motifs is 5. The fourth-order valence-electron chi connectivity index (χ4n) is 11.3. The normalized spacial score (nSPS) is 55.0. The van der Waals surface area contributed by atoms with Crippen LogP contribution in [0.25, 0.3) is 0 Å². The highest BCUT2D eigenvalue weighted by Crippen LogP contribution is 2.70. The molecule has 3 aliphatic heterocycles. The van der Waals surface area contributed by atoms with Crippen molar-refractivity contribution in [1.29, 1.82) is 0 Å². The summed E-state index contributed by atoms with van der Waals surface area (Å²) in [6, 6.07) is 0. The van der Waals surface area contributed by atoms with Crippen molar-refractivity contribution in [3.8, 4) is 0 Å². The van der Waals surface area contributed by atoms with E-state index in [1.165, 1.54) is 0 Å². The van der Waals surface area contributed by atoms with Crippen LogP contribution >= 0.6 is 0 Å². The number of hydrogen-bond acceptors (Lipinski definition) is 15. The predicted molar refractivity (Wildman–Crippen MR) is 167 cm³/mol. The third kappa shape index (κ3) is 5.37. The van der Waals surface area contributed by atoms with E-state index in [9.17, 15) is 50.4 Å². The van der Waals surface area contributed by atoms with Gasteiger partial charge < -0.3 is 69.3 Å². The molecule has 15 heteroatoms. The van der Waals surface area contributed by atoms with E-state index in [1.807, 2.05) is 0 Å². The number of ether oxygens (including phenoxy) is 5. The van der Waals surface area contributed by atoms with E-state index in [0.29, 0.717) is 38.5 Å². The molecule has 0 unspecified atom stereocenters. The zero-order chi connectivity index (χ0) is 36.0. The monoisotopic (exact) mass is 712 g/mol. The molecule has 6 fully saturated rings. The second kappa shape index (κ2) is 13.1. The second-order valence-corrected chi connectivity index (χ2v) is 16.2. The first-order valence-electron chi connectivity index (χ1n) is 18.0. The predicted octanol–water partition coefficient (Wildman–Crippen LogP) is -1.43. The Bertz CT molecular complexity index is 1340.